The standard InChI is InChI=1S/C27H24BrNO5/c28-15-25(30)24(14-26(31)33-16-18-8-2-1-3-9-18)29-27(32)34-17-23-21-12-6-4-10-19(21)20-11-5-7-13-22(20)23/h1-13,23-24H,14-17H2,(H,29,32)/t24-/m0/s1. The van der Waals surface area contributed by atoms with E-state index < -0.39 is 18.1 Å². The molecule has 0 aromatic heterocycles. The van der Waals surface area contributed by atoms with Crippen LogP contribution in [0.25, 0.3) is 11.1 Å². The topological polar surface area (TPSA) is 81.7 Å². The third-order valence-electron chi connectivity index (χ3n) is 5.77. The minimum absolute atomic E-state index is 0.00666. The number of alkyl carbamates (subject to hydrolysis) is 1. The zero-order chi connectivity index (χ0) is 23.9. The molecule has 0 saturated heterocycles. The highest BCUT2D eigenvalue weighted by Gasteiger charge is 2.30. The van der Waals surface area contributed by atoms with Gasteiger partial charge in [-0.15, -0.1) is 0 Å². The van der Waals surface area contributed by atoms with Gasteiger partial charge in [0.05, 0.1) is 11.8 Å². The molecule has 0 fully saturated rings. The molecule has 6 nitrogen and oxygen atoms in total. The van der Waals surface area contributed by atoms with Crippen LogP contribution in [0.4, 0.5) is 4.79 Å². The molecule has 3 aromatic carbocycles. The fraction of sp³-hybridized carbons (Fsp3) is 0.222. The Morgan fingerprint density at radius 3 is 2.03 bits per heavy atom. The molecule has 0 bridgehead atoms. The van der Waals surface area contributed by atoms with Crippen LogP contribution in [0, 0.1) is 0 Å². The van der Waals surface area contributed by atoms with Crippen LogP contribution in [0.5, 0.6) is 0 Å². The molecular formula is C27H24BrNO5. The summed E-state index contributed by atoms with van der Waals surface area (Å²) in [5, 5.41) is 2.52. The van der Waals surface area contributed by atoms with Gasteiger partial charge in [-0.3, -0.25) is 9.59 Å². The number of Topliss-reactive ketones (excluding diaryl/α,β-unsaturated/α-hetero) is 1. The second-order valence-electron chi connectivity index (χ2n) is 7.97. The van der Waals surface area contributed by atoms with Gasteiger partial charge in [-0.25, -0.2) is 4.79 Å². The number of esters is 1. The van der Waals surface area contributed by atoms with Crippen molar-refractivity contribution in [1.29, 1.82) is 0 Å². The number of halogens is 1. The molecule has 0 radical (unpaired) electrons. The highest BCUT2D eigenvalue weighted by Crippen LogP contribution is 2.44. The van der Waals surface area contributed by atoms with E-state index in [1.165, 1.54) is 0 Å². The van der Waals surface area contributed by atoms with Gasteiger partial charge in [0.15, 0.2) is 5.78 Å². The lowest BCUT2D eigenvalue weighted by Crippen LogP contribution is -2.43. The number of alkyl halides is 1. The number of hydrogen-bond donors (Lipinski definition) is 1. The van der Waals surface area contributed by atoms with Gasteiger partial charge in [0, 0.05) is 5.92 Å². The molecule has 0 heterocycles. The van der Waals surface area contributed by atoms with Gasteiger partial charge in [0.2, 0.25) is 0 Å². The lowest BCUT2D eigenvalue weighted by molar-refractivity contribution is -0.146. The van der Waals surface area contributed by atoms with Crippen molar-refractivity contribution < 1.29 is 23.9 Å². The summed E-state index contributed by atoms with van der Waals surface area (Å²) in [4.78, 5) is 37.2. The first-order chi connectivity index (χ1) is 16.6. The van der Waals surface area contributed by atoms with Crippen LogP contribution < -0.4 is 5.32 Å². The number of ether oxygens (including phenoxy) is 2. The Kier molecular flexibility index (Phi) is 7.75. The first kappa shape index (κ1) is 23.7. The second-order valence-corrected chi connectivity index (χ2v) is 8.53. The van der Waals surface area contributed by atoms with E-state index in [0.717, 1.165) is 27.8 Å². The van der Waals surface area contributed by atoms with Crippen LogP contribution in [0.3, 0.4) is 0 Å². The first-order valence-corrected chi connectivity index (χ1v) is 12.1. The van der Waals surface area contributed by atoms with Crippen molar-refractivity contribution in [3.05, 3.63) is 95.6 Å². The lowest BCUT2D eigenvalue weighted by Gasteiger charge is -2.18. The Labute approximate surface area is 206 Å². The van der Waals surface area contributed by atoms with Crippen molar-refractivity contribution in [3.8, 4) is 11.1 Å². The smallest absolute Gasteiger partial charge is 0.407 e. The maximum Gasteiger partial charge on any atom is 0.407 e. The zero-order valence-corrected chi connectivity index (χ0v) is 20.0. The number of hydrogen-bond acceptors (Lipinski definition) is 5. The minimum atomic E-state index is -1.04. The van der Waals surface area contributed by atoms with Gasteiger partial charge in [0.25, 0.3) is 0 Å². The molecule has 1 aliphatic rings. The molecule has 0 unspecified atom stereocenters. The Balaban J connectivity index is 1.35. The molecule has 0 spiro atoms. The summed E-state index contributed by atoms with van der Waals surface area (Å²) in [5.41, 5.74) is 5.27. The summed E-state index contributed by atoms with van der Waals surface area (Å²) >= 11 is 3.11. The Morgan fingerprint density at radius 2 is 1.41 bits per heavy atom. The Hall–Kier alpha value is -3.45. The number of rotatable bonds is 9. The molecule has 1 amide bonds. The van der Waals surface area contributed by atoms with Gasteiger partial charge in [0.1, 0.15) is 19.3 Å². The van der Waals surface area contributed by atoms with Gasteiger partial charge >= 0.3 is 12.1 Å². The second kappa shape index (κ2) is 11.1. The number of nitrogens with one attached hydrogen (secondary N) is 1. The highest BCUT2D eigenvalue weighted by molar-refractivity contribution is 9.09. The Morgan fingerprint density at radius 1 is 0.824 bits per heavy atom. The van der Waals surface area contributed by atoms with Gasteiger partial charge < -0.3 is 14.8 Å². The number of carbonyl (C=O) groups excluding carboxylic acids is 3. The average molecular weight is 522 g/mol. The molecule has 1 aliphatic carbocycles. The summed E-state index contributed by atoms with van der Waals surface area (Å²) in [6, 6.07) is 24.3. The normalized spacial score (nSPS) is 12.9. The van der Waals surface area contributed by atoms with Crippen LogP contribution >= 0.6 is 15.9 Å². The number of fused-ring (bicyclic) bond motifs is 3. The molecule has 174 valence electrons. The summed E-state index contributed by atoms with van der Waals surface area (Å²) in [7, 11) is 0. The van der Waals surface area contributed by atoms with Crippen molar-refractivity contribution in [2.24, 2.45) is 0 Å². The predicted molar refractivity (Wildman–Crippen MR) is 132 cm³/mol. The molecule has 4 rings (SSSR count). The van der Waals surface area contributed by atoms with Crippen molar-refractivity contribution in [2.45, 2.75) is 25.0 Å². The van der Waals surface area contributed by atoms with E-state index in [9.17, 15) is 14.4 Å². The molecule has 1 atom stereocenters. The van der Waals surface area contributed by atoms with Gasteiger partial charge in [-0.2, -0.15) is 0 Å². The quantitative estimate of drug-likeness (QED) is 0.316. The van der Waals surface area contributed by atoms with Gasteiger partial charge in [-0.05, 0) is 27.8 Å². The summed E-state index contributed by atoms with van der Waals surface area (Å²) in [6.07, 6.45) is -1.03. The summed E-state index contributed by atoms with van der Waals surface area (Å²) < 4.78 is 10.8. The number of ketones is 1. The van der Waals surface area contributed by atoms with E-state index >= 15 is 0 Å². The number of benzene rings is 3. The largest absolute Gasteiger partial charge is 0.461 e. The fourth-order valence-electron chi connectivity index (χ4n) is 4.08. The van der Waals surface area contributed by atoms with Gasteiger partial charge in [-0.1, -0.05) is 94.8 Å². The SMILES string of the molecule is O=C(C[C@H](NC(=O)OCC1c2ccccc2-c2ccccc21)C(=O)CBr)OCc1ccccc1. The van der Waals surface area contributed by atoms with Crippen LogP contribution in [-0.4, -0.2) is 35.8 Å². The van der Waals surface area contributed by atoms with E-state index in [0.29, 0.717) is 0 Å². The number of amides is 1. The zero-order valence-electron chi connectivity index (χ0n) is 18.4. The van der Waals surface area contributed by atoms with E-state index in [4.69, 9.17) is 9.47 Å². The van der Waals surface area contributed by atoms with E-state index in [1.54, 1.807) is 0 Å². The van der Waals surface area contributed by atoms with Crippen molar-refractivity contribution in [3.63, 3.8) is 0 Å². The number of carbonyl (C=O) groups is 3. The maximum atomic E-state index is 12.6. The molecular weight excluding hydrogens is 498 g/mol. The molecule has 3 aromatic rings. The monoisotopic (exact) mass is 521 g/mol. The molecule has 1 N–H and O–H groups in total. The summed E-state index contributed by atoms with van der Waals surface area (Å²) in [5.74, 6) is -1.02. The van der Waals surface area contributed by atoms with Crippen molar-refractivity contribution >= 4 is 33.8 Å². The minimum Gasteiger partial charge on any atom is -0.461 e. The highest BCUT2D eigenvalue weighted by atomic mass is 79.9. The van der Waals surface area contributed by atoms with Crippen LogP contribution in [-0.2, 0) is 25.7 Å². The summed E-state index contributed by atoms with van der Waals surface area (Å²) in [6.45, 7) is 0.216. The van der Waals surface area contributed by atoms with Crippen molar-refractivity contribution in [2.75, 3.05) is 11.9 Å². The first-order valence-electron chi connectivity index (χ1n) is 11.0. The lowest BCUT2D eigenvalue weighted by atomic mass is 9.98. The van der Waals surface area contributed by atoms with Crippen molar-refractivity contribution in [1.82, 2.24) is 5.32 Å². The van der Waals surface area contributed by atoms with Crippen LogP contribution in [0.1, 0.15) is 29.0 Å². The molecule has 0 aliphatic heterocycles. The van der Waals surface area contributed by atoms with E-state index in [2.05, 4.69) is 33.4 Å². The maximum absolute atomic E-state index is 12.6. The molecule has 7 heteroatoms. The molecule has 34 heavy (non-hydrogen) atoms. The van der Waals surface area contributed by atoms with Crippen LogP contribution in [0.15, 0.2) is 78.9 Å². The predicted octanol–water partition coefficient (Wildman–Crippen LogP) is 4.99. The third-order valence-corrected chi connectivity index (χ3v) is 6.32. The fourth-order valence-corrected chi connectivity index (χ4v) is 4.48. The van der Waals surface area contributed by atoms with E-state index in [-0.39, 0.29) is 36.7 Å². The van der Waals surface area contributed by atoms with Crippen LogP contribution in [0.2, 0.25) is 0 Å². The average Bonchev–Trinajstić information content (AvgIpc) is 3.19. The third kappa shape index (κ3) is 5.54. The molecule has 0 saturated carbocycles. The Bertz CT molecular complexity index is 1130. The van der Waals surface area contributed by atoms with E-state index in [1.807, 2.05) is 66.7 Å².